The van der Waals surface area contributed by atoms with E-state index in [9.17, 15) is 9.90 Å². The number of hydrogen-bond acceptors (Lipinski definition) is 4. The number of fused-ring (bicyclic) bond motifs is 1. The normalized spacial score (nSPS) is 31.4. The summed E-state index contributed by atoms with van der Waals surface area (Å²) in [5, 5.41) is 19.4. The Balaban J connectivity index is 1.65. The summed E-state index contributed by atoms with van der Waals surface area (Å²) in [5.41, 5.74) is 0.594. The molecule has 1 saturated carbocycles. The zero-order valence-corrected chi connectivity index (χ0v) is 17.5. The second-order valence-electron chi connectivity index (χ2n) is 8.71. The average Bonchev–Trinajstić information content (AvgIpc) is 2.90. The molecule has 2 aliphatic rings. The third-order valence-corrected chi connectivity index (χ3v) is 6.82. The van der Waals surface area contributed by atoms with Crippen LogP contribution in [-0.2, 0) is 9.53 Å². The van der Waals surface area contributed by atoms with Crippen LogP contribution >= 0.6 is 0 Å². The van der Waals surface area contributed by atoms with Crippen molar-refractivity contribution in [1.82, 2.24) is 0 Å². The molecular weight excluding hydrogens is 368 g/mol. The van der Waals surface area contributed by atoms with Gasteiger partial charge in [-0.1, -0.05) is 26.2 Å². The predicted octanol–water partition coefficient (Wildman–Crippen LogP) is 3.93. The first-order chi connectivity index (χ1) is 13.8. The van der Waals surface area contributed by atoms with Gasteiger partial charge in [0.05, 0.1) is 12.7 Å². The minimum absolute atomic E-state index is 0.00140. The van der Waals surface area contributed by atoms with E-state index in [2.05, 4.69) is 32.6 Å². The van der Waals surface area contributed by atoms with Gasteiger partial charge >= 0.3 is 5.97 Å². The zero-order chi connectivity index (χ0) is 21.0. The van der Waals surface area contributed by atoms with Crippen molar-refractivity contribution in [3.05, 3.63) is 29.8 Å². The molecule has 0 amide bonds. The highest BCUT2D eigenvalue weighted by Gasteiger charge is 2.43. The molecule has 0 radical (unpaired) electrons. The topological polar surface area (TPSA) is 76.0 Å². The molecule has 2 unspecified atom stereocenters. The fourth-order valence-corrected chi connectivity index (χ4v) is 5.01. The molecule has 158 valence electrons. The maximum Gasteiger partial charge on any atom is 0.382 e. The Morgan fingerprint density at radius 2 is 1.86 bits per heavy atom. The molecule has 1 aliphatic carbocycles. The minimum Gasteiger partial charge on any atom is -0.472 e. The van der Waals surface area contributed by atoms with Crippen molar-refractivity contribution >= 4 is 5.97 Å². The Hall–Kier alpha value is -2.03. The van der Waals surface area contributed by atoms with Crippen LogP contribution in [0, 0.1) is 41.4 Å². The summed E-state index contributed by atoms with van der Waals surface area (Å²) < 4.78 is 11.9. The summed E-state index contributed by atoms with van der Waals surface area (Å²) in [6, 6.07) is 6.82. The van der Waals surface area contributed by atoms with Crippen molar-refractivity contribution < 1.29 is 24.5 Å². The monoisotopic (exact) mass is 400 g/mol. The van der Waals surface area contributed by atoms with Gasteiger partial charge in [-0.2, -0.15) is 0 Å². The lowest BCUT2D eigenvalue weighted by molar-refractivity contribution is -0.130. The molecule has 1 aliphatic heterocycles. The maximum atomic E-state index is 10.8. The largest absolute Gasteiger partial charge is 0.472 e. The molecule has 0 aromatic heterocycles. The fraction of sp³-hybridized carbons (Fsp3) is 0.625. The van der Waals surface area contributed by atoms with Crippen molar-refractivity contribution in [2.24, 2.45) is 29.6 Å². The highest BCUT2D eigenvalue weighted by Crippen LogP contribution is 2.46. The summed E-state index contributed by atoms with van der Waals surface area (Å²) in [6.07, 6.45) is 4.01. The molecular formula is C24H32O5. The van der Waals surface area contributed by atoms with E-state index >= 15 is 0 Å². The first kappa shape index (κ1) is 21.7. The van der Waals surface area contributed by atoms with Gasteiger partial charge in [0.2, 0.25) is 0 Å². The predicted molar refractivity (Wildman–Crippen MR) is 110 cm³/mol. The number of carboxylic acids is 1. The first-order valence-electron chi connectivity index (χ1n) is 10.7. The SMILES string of the molecule is CC1CC[C@@H]2C(CO1)[C@H]([C@@H](C)[C@H](O)Oc1ccc(C#CC(=O)O)cc1)CC[C@H]2C. The number of aliphatic carboxylic acids is 1. The number of hydrogen-bond donors (Lipinski definition) is 2. The van der Waals surface area contributed by atoms with E-state index in [1.807, 2.05) is 0 Å². The van der Waals surface area contributed by atoms with Gasteiger partial charge < -0.3 is 19.7 Å². The summed E-state index contributed by atoms with van der Waals surface area (Å²) in [5.74, 6) is 6.23. The Kier molecular flexibility index (Phi) is 7.21. The van der Waals surface area contributed by atoms with Crippen LogP contribution in [0.2, 0.25) is 0 Å². The highest BCUT2D eigenvalue weighted by molar-refractivity contribution is 5.87. The first-order valence-corrected chi connectivity index (χ1v) is 10.7. The van der Waals surface area contributed by atoms with Gasteiger partial charge in [-0.3, -0.25) is 0 Å². The van der Waals surface area contributed by atoms with E-state index in [1.54, 1.807) is 24.3 Å². The van der Waals surface area contributed by atoms with Crippen molar-refractivity contribution in [2.75, 3.05) is 6.61 Å². The number of ether oxygens (including phenoxy) is 2. The quantitative estimate of drug-likeness (QED) is 0.592. The van der Waals surface area contributed by atoms with E-state index in [4.69, 9.17) is 14.6 Å². The molecule has 2 N–H and O–H groups in total. The third-order valence-electron chi connectivity index (χ3n) is 6.82. The van der Waals surface area contributed by atoms with Gasteiger partial charge in [0, 0.05) is 17.4 Å². The van der Waals surface area contributed by atoms with E-state index in [0.717, 1.165) is 19.4 Å². The van der Waals surface area contributed by atoms with Crippen LogP contribution in [0.15, 0.2) is 24.3 Å². The molecule has 2 fully saturated rings. The Labute approximate surface area is 173 Å². The summed E-state index contributed by atoms with van der Waals surface area (Å²) in [7, 11) is 0. The second kappa shape index (κ2) is 9.65. The highest BCUT2D eigenvalue weighted by atomic mass is 16.6. The molecule has 1 saturated heterocycles. The molecule has 0 spiro atoms. The van der Waals surface area contributed by atoms with Gasteiger partial charge in [-0.15, -0.1) is 0 Å². The molecule has 5 heteroatoms. The van der Waals surface area contributed by atoms with Crippen LogP contribution in [-0.4, -0.2) is 35.2 Å². The van der Waals surface area contributed by atoms with Gasteiger partial charge in [0.25, 0.3) is 0 Å². The maximum absolute atomic E-state index is 10.8. The molecule has 3 rings (SSSR count). The number of carbonyl (C=O) groups is 1. The molecule has 1 aromatic rings. The van der Waals surface area contributed by atoms with Crippen LogP contribution in [0.5, 0.6) is 5.75 Å². The van der Waals surface area contributed by atoms with Crippen LogP contribution in [0.25, 0.3) is 0 Å². The van der Waals surface area contributed by atoms with E-state index in [0.29, 0.717) is 41.1 Å². The summed E-state index contributed by atoms with van der Waals surface area (Å²) >= 11 is 0. The third kappa shape index (κ3) is 5.52. The summed E-state index contributed by atoms with van der Waals surface area (Å²) in [4.78, 5) is 10.5. The molecule has 1 heterocycles. The number of rotatable bonds is 4. The lowest BCUT2D eigenvalue weighted by atomic mass is 9.62. The van der Waals surface area contributed by atoms with Gasteiger partial charge in [-0.25, -0.2) is 4.79 Å². The van der Waals surface area contributed by atoms with Crippen LogP contribution < -0.4 is 4.74 Å². The molecule has 1 aromatic carbocycles. The zero-order valence-electron chi connectivity index (χ0n) is 17.5. The number of aliphatic hydroxyl groups excluding tert-OH is 1. The second-order valence-corrected chi connectivity index (χ2v) is 8.71. The van der Waals surface area contributed by atoms with Crippen molar-refractivity contribution in [2.45, 2.75) is 58.8 Å². The van der Waals surface area contributed by atoms with Crippen molar-refractivity contribution in [3.63, 3.8) is 0 Å². The molecule has 5 nitrogen and oxygen atoms in total. The molecule has 0 bridgehead atoms. The van der Waals surface area contributed by atoms with Crippen LogP contribution in [0.1, 0.15) is 52.0 Å². The smallest absolute Gasteiger partial charge is 0.382 e. The molecule has 7 atom stereocenters. The number of benzene rings is 1. The van der Waals surface area contributed by atoms with E-state index in [1.165, 1.54) is 12.8 Å². The average molecular weight is 401 g/mol. The fourth-order valence-electron chi connectivity index (χ4n) is 5.01. The Morgan fingerprint density at radius 3 is 2.55 bits per heavy atom. The summed E-state index contributed by atoms with van der Waals surface area (Å²) in [6.45, 7) is 7.36. The number of carboxylic acid groups (broad SMARTS) is 1. The Morgan fingerprint density at radius 1 is 1.14 bits per heavy atom. The van der Waals surface area contributed by atoms with Crippen molar-refractivity contribution in [3.8, 4) is 17.6 Å². The van der Waals surface area contributed by atoms with Crippen LogP contribution in [0.3, 0.4) is 0 Å². The van der Waals surface area contributed by atoms with Crippen LogP contribution in [0.4, 0.5) is 0 Å². The van der Waals surface area contributed by atoms with Gasteiger partial charge in [-0.05, 0) is 74.1 Å². The van der Waals surface area contributed by atoms with E-state index in [-0.39, 0.29) is 5.92 Å². The van der Waals surface area contributed by atoms with E-state index < -0.39 is 12.3 Å². The van der Waals surface area contributed by atoms with Gasteiger partial charge in [0.1, 0.15) is 5.75 Å². The van der Waals surface area contributed by atoms with Gasteiger partial charge in [0.15, 0.2) is 6.29 Å². The minimum atomic E-state index is -1.16. The standard InChI is InChI=1S/C24H32O5/c1-15-4-11-21(22-14-28-16(2)5-12-20(15)22)17(3)24(27)29-19-9-6-18(7-10-19)8-13-23(25)26/h6-7,9-10,15-17,20-22,24,27H,4-5,11-12,14H2,1-3H3,(H,25,26)/t15-,16?,17-,20+,21+,22?,24-/m1/s1. The lowest BCUT2D eigenvalue weighted by Gasteiger charge is -2.44. The lowest BCUT2D eigenvalue weighted by Crippen LogP contribution is -2.42. The molecule has 29 heavy (non-hydrogen) atoms. The number of aliphatic hydroxyl groups is 1. The van der Waals surface area contributed by atoms with Crippen molar-refractivity contribution in [1.29, 1.82) is 0 Å². The Bertz CT molecular complexity index is 747.